The molecule has 0 spiro atoms. The molecule has 1 N–H and O–H groups in total. The van der Waals surface area contributed by atoms with Gasteiger partial charge in [0.25, 0.3) is 0 Å². The number of pyridine rings is 1. The third-order valence-electron chi connectivity index (χ3n) is 4.72. The number of carbonyl (C=O) groups is 1. The van der Waals surface area contributed by atoms with Crippen LogP contribution in [0.5, 0.6) is 0 Å². The SMILES string of the molecule is O=C(Cn1nnc(-c2ccccc2)n1)N1C[C@@H](Cc2ccccn2)[C@H](O)C1. The number of β-amino-alcohol motifs (C(OH)–C–C–N with tert-alkyl or cyclic N) is 1. The topological polar surface area (TPSA) is 97.0 Å². The Kier molecular flexibility index (Phi) is 4.88. The Morgan fingerprint density at radius 3 is 2.70 bits per heavy atom. The highest BCUT2D eigenvalue weighted by Crippen LogP contribution is 2.21. The van der Waals surface area contributed by atoms with Crippen LogP contribution in [0.15, 0.2) is 54.7 Å². The zero-order valence-corrected chi connectivity index (χ0v) is 14.7. The molecule has 4 rings (SSSR count). The quantitative estimate of drug-likeness (QED) is 0.719. The molecule has 3 heterocycles. The van der Waals surface area contributed by atoms with Gasteiger partial charge < -0.3 is 10.0 Å². The number of nitrogens with zero attached hydrogens (tertiary/aromatic N) is 6. The number of carbonyl (C=O) groups excluding carboxylic acids is 1. The lowest BCUT2D eigenvalue weighted by molar-refractivity contribution is -0.131. The predicted molar refractivity (Wildman–Crippen MR) is 97.3 cm³/mol. The van der Waals surface area contributed by atoms with E-state index < -0.39 is 6.10 Å². The number of likely N-dealkylation sites (tertiary alicyclic amines) is 1. The van der Waals surface area contributed by atoms with Crippen LogP contribution in [0.3, 0.4) is 0 Å². The largest absolute Gasteiger partial charge is 0.391 e. The van der Waals surface area contributed by atoms with Gasteiger partial charge >= 0.3 is 0 Å². The van der Waals surface area contributed by atoms with Gasteiger partial charge in [-0.15, -0.1) is 10.2 Å². The van der Waals surface area contributed by atoms with Crippen LogP contribution in [0.4, 0.5) is 0 Å². The van der Waals surface area contributed by atoms with Crippen molar-refractivity contribution in [2.45, 2.75) is 19.1 Å². The van der Waals surface area contributed by atoms with Crippen LogP contribution in [0.2, 0.25) is 0 Å². The number of aliphatic hydroxyl groups is 1. The monoisotopic (exact) mass is 364 g/mol. The van der Waals surface area contributed by atoms with Crippen molar-refractivity contribution in [2.75, 3.05) is 13.1 Å². The van der Waals surface area contributed by atoms with Crippen molar-refractivity contribution in [3.63, 3.8) is 0 Å². The highest BCUT2D eigenvalue weighted by Gasteiger charge is 2.34. The minimum Gasteiger partial charge on any atom is -0.391 e. The van der Waals surface area contributed by atoms with Crippen LogP contribution in [-0.4, -0.2) is 60.3 Å². The molecule has 1 saturated heterocycles. The van der Waals surface area contributed by atoms with E-state index in [-0.39, 0.29) is 18.4 Å². The van der Waals surface area contributed by atoms with Crippen LogP contribution >= 0.6 is 0 Å². The molecular formula is C19H20N6O2. The van der Waals surface area contributed by atoms with Crippen molar-refractivity contribution in [3.05, 3.63) is 60.4 Å². The van der Waals surface area contributed by atoms with E-state index >= 15 is 0 Å². The molecule has 8 nitrogen and oxygen atoms in total. The van der Waals surface area contributed by atoms with Gasteiger partial charge in [-0.2, -0.15) is 4.80 Å². The Labute approximate surface area is 156 Å². The molecule has 0 saturated carbocycles. The summed E-state index contributed by atoms with van der Waals surface area (Å²) in [5, 5.41) is 22.6. The van der Waals surface area contributed by atoms with Gasteiger partial charge in [0.15, 0.2) is 0 Å². The van der Waals surface area contributed by atoms with Gasteiger partial charge in [0.2, 0.25) is 11.7 Å². The molecule has 0 aliphatic carbocycles. The average Bonchev–Trinajstić information content (AvgIpc) is 3.30. The number of amides is 1. The van der Waals surface area contributed by atoms with Crippen LogP contribution in [-0.2, 0) is 17.8 Å². The van der Waals surface area contributed by atoms with E-state index in [9.17, 15) is 9.90 Å². The molecule has 0 unspecified atom stereocenters. The number of hydrogen-bond donors (Lipinski definition) is 1. The fourth-order valence-electron chi connectivity index (χ4n) is 3.28. The molecule has 1 fully saturated rings. The lowest BCUT2D eigenvalue weighted by Crippen LogP contribution is -2.33. The third-order valence-corrected chi connectivity index (χ3v) is 4.72. The zero-order chi connectivity index (χ0) is 18.6. The Morgan fingerprint density at radius 1 is 1.11 bits per heavy atom. The molecule has 3 aromatic rings. The molecule has 0 bridgehead atoms. The summed E-state index contributed by atoms with van der Waals surface area (Å²) in [6.45, 7) is 0.816. The highest BCUT2D eigenvalue weighted by atomic mass is 16.3. The first-order valence-electron chi connectivity index (χ1n) is 8.88. The van der Waals surface area contributed by atoms with Gasteiger partial charge in [-0.25, -0.2) is 0 Å². The first-order valence-corrected chi connectivity index (χ1v) is 8.88. The molecule has 1 aromatic carbocycles. The van der Waals surface area contributed by atoms with E-state index in [1.165, 1.54) is 4.80 Å². The van der Waals surface area contributed by atoms with Gasteiger partial charge in [0, 0.05) is 36.5 Å². The Balaban J connectivity index is 1.37. The zero-order valence-electron chi connectivity index (χ0n) is 14.7. The lowest BCUT2D eigenvalue weighted by Gasteiger charge is -2.15. The van der Waals surface area contributed by atoms with Gasteiger partial charge in [0.1, 0.15) is 6.54 Å². The Morgan fingerprint density at radius 2 is 1.93 bits per heavy atom. The molecule has 1 amide bonds. The first kappa shape index (κ1) is 17.3. The number of hydrogen-bond acceptors (Lipinski definition) is 6. The summed E-state index contributed by atoms with van der Waals surface area (Å²) in [5.74, 6) is 0.333. The van der Waals surface area contributed by atoms with Gasteiger partial charge in [-0.1, -0.05) is 36.4 Å². The van der Waals surface area contributed by atoms with E-state index in [1.807, 2.05) is 48.5 Å². The van der Waals surface area contributed by atoms with Crippen LogP contribution < -0.4 is 0 Å². The second-order valence-corrected chi connectivity index (χ2v) is 6.66. The second kappa shape index (κ2) is 7.63. The second-order valence-electron chi connectivity index (χ2n) is 6.66. The summed E-state index contributed by atoms with van der Waals surface area (Å²) in [4.78, 5) is 19.8. The first-order chi connectivity index (χ1) is 13.2. The number of rotatable bonds is 5. The standard InChI is InChI=1S/C19H20N6O2/c26-17-12-24(11-15(17)10-16-8-4-5-9-20-16)18(27)13-25-22-19(21-23-25)14-6-2-1-3-7-14/h1-9,15,17,26H,10-13H2/t15-,17-/m1/s1. The molecule has 2 aromatic heterocycles. The number of aliphatic hydroxyl groups excluding tert-OH is 1. The van der Waals surface area contributed by atoms with Crippen LogP contribution in [0, 0.1) is 5.92 Å². The number of aromatic nitrogens is 5. The van der Waals surface area contributed by atoms with Crippen LogP contribution in [0.1, 0.15) is 5.69 Å². The summed E-state index contributed by atoms with van der Waals surface area (Å²) in [5.41, 5.74) is 1.77. The predicted octanol–water partition coefficient (Wildman–Crippen LogP) is 0.797. The molecule has 8 heteroatoms. The van der Waals surface area contributed by atoms with Crippen molar-refractivity contribution in [3.8, 4) is 11.4 Å². The summed E-state index contributed by atoms with van der Waals surface area (Å²) in [7, 11) is 0. The van der Waals surface area contributed by atoms with E-state index in [0.717, 1.165) is 11.3 Å². The highest BCUT2D eigenvalue weighted by molar-refractivity contribution is 5.76. The Bertz CT molecular complexity index is 899. The van der Waals surface area contributed by atoms with Crippen molar-refractivity contribution in [2.24, 2.45) is 5.92 Å². The number of benzene rings is 1. The summed E-state index contributed by atoms with van der Waals surface area (Å²) in [6, 6.07) is 15.2. The minimum absolute atomic E-state index is 0.00284. The van der Waals surface area contributed by atoms with Crippen LogP contribution in [0.25, 0.3) is 11.4 Å². The fraction of sp³-hybridized carbons (Fsp3) is 0.316. The molecule has 2 atom stereocenters. The van der Waals surface area contributed by atoms with E-state index in [2.05, 4.69) is 20.4 Å². The molecular weight excluding hydrogens is 344 g/mol. The van der Waals surface area contributed by atoms with Crippen molar-refractivity contribution < 1.29 is 9.90 Å². The van der Waals surface area contributed by atoms with Crippen molar-refractivity contribution in [1.29, 1.82) is 0 Å². The van der Waals surface area contributed by atoms with Crippen molar-refractivity contribution in [1.82, 2.24) is 30.1 Å². The normalized spacial score (nSPS) is 19.4. The minimum atomic E-state index is -0.556. The average molecular weight is 364 g/mol. The smallest absolute Gasteiger partial charge is 0.246 e. The summed E-state index contributed by atoms with van der Waals surface area (Å²) in [6.07, 6.45) is 1.82. The van der Waals surface area contributed by atoms with E-state index in [0.29, 0.717) is 25.3 Å². The molecule has 1 aliphatic heterocycles. The maximum absolute atomic E-state index is 12.6. The summed E-state index contributed by atoms with van der Waals surface area (Å²) < 4.78 is 0. The summed E-state index contributed by atoms with van der Waals surface area (Å²) >= 11 is 0. The molecule has 1 aliphatic rings. The van der Waals surface area contributed by atoms with Gasteiger partial charge in [-0.05, 0) is 23.8 Å². The third kappa shape index (κ3) is 4.01. The molecule has 27 heavy (non-hydrogen) atoms. The van der Waals surface area contributed by atoms with Crippen molar-refractivity contribution >= 4 is 5.91 Å². The van der Waals surface area contributed by atoms with E-state index in [1.54, 1.807) is 11.1 Å². The molecule has 0 radical (unpaired) electrons. The molecule has 138 valence electrons. The van der Waals surface area contributed by atoms with Gasteiger partial charge in [-0.3, -0.25) is 9.78 Å². The maximum atomic E-state index is 12.6. The maximum Gasteiger partial charge on any atom is 0.246 e. The Hall–Kier alpha value is -3.13. The van der Waals surface area contributed by atoms with Gasteiger partial charge in [0.05, 0.1) is 6.10 Å². The lowest BCUT2D eigenvalue weighted by atomic mass is 10.00. The number of tetrazole rings is 1. The van der Waals surface area contributed by atoms with E-state index in [4.69, 9.17) is 0 Å². The fourth-order valence-corrected chi connectivity index (χ4v) is 3.28.